The fourth-order valence-electron chi connectivity index (χ4n) is 2.50. The van der Waals surface area contributed by atoms with Crippen molar-refractivity contribution >= 4 is 21.8 Å². The van der Waals surface area contributed by atoms with Crippen molar-refractivity contribution in [3.05, 3.63) is 34.1 Å². The lowest BCUT2D eigenvalue weighted by atomic mass is 9.93. The molecule has 0 aromatic heterocycles. The zero-order valence-electron chi connectivity index (χ0n) is 10.7. The van der Waals surface area contributed by atoms with Gasteiger partial charge in [-0.3, -0.25) is 4.79 Å². The molecule has 0 saturated carbocycles. The van der Waals surface area contributed by atoms with Crippen LogP contribution in [0, 0.1) is 11.7 Å². The average molecular weight is 329 g/mol. The normalized spacial score (nSPS) is 16.7. The maximum absolute atomic E-state index is 13.4. The molecule has 1 aliphatic heterocycles. The molecule has 1 fully saturated rings. The number of benzene rings is 1. The van der Waals surface area contributed by atoms with Crippen molar-refractivity contribution in [2.45, 2.75) is 19.3 Å². The highest BCUT2D eigenvalue weighted by Crippen LogP contribution is 2.25. The fraction of sp³-hybridized carbons (Fsp3) is 0.500. The fourth-order valence-corrected chi connectivity index (χ4v) is 2.93. The van der Waals surface area contributed by atoms with Gasteiger partial charge in [-0.05, 0) is 59.8 Å². The summed E-state index contributed by atoms with van der Waals surface area (Å²) in [5.74, 6) is 0.117. The topological polar surface area (TPSA) is 46.3 Å². The summed E-state index contributed by atoms with van der Waals surface area (Å²) in [5.41, 5.74) is 5.95. The number of carbonyl (C=O) groups is 1. The molecule has 1 amide bonds. The lowest BCUT2D eigenvalue weighted by Crippen LogP contribution is -2.39. The second kappa shape index (κ2) is 6.48. The van der Waals surface area contributed by atoms with Crippen LogP contribution in [0.25, 0.3) is 0 Å². The highest BCUT2D eigenvalue weighted by atomic mass is 79.9. The van der Waals surface area contributed by atoms with Gasteiger partial charge < -0.3 is 10.6 Å². The van der Waals surface area contributed by atoms with Gasteiger partial charge in [0.25, 0.3) is 5.91 Å². The number of hydrogen-bond acceptors (Lipinski definition) is 2. The highest BCUT2D eigenvalue weighted by molar-refractivity contribution is 9.10. The van der Waals surface area contributed by atoms with E-state index in [4.69, 9.17) is 5.73 Å². The van der Waals surface area contributed by atoms with Gasteiger partial charge in [-0.25, -0.2) is 4.39 Å². The lowest BCUT2D eigenvalue weighted by molar-refractivity contribution is 0.0686. The van der Waals surface area contributed by atoms with Crippen molar-refractivity contribution in [1.29, 1.82) is 0 Å². The van der Waals surface area contributed by atoms with E-state index in [2.05, 4.69) is 15.9 Å². The number of hydrogen-bond donors (Lipinski definition) is 1. The summed E-state index contributed by atoms with van der Waals surface area (Å²) < 4.78 is 13.7. The Kier molecular flexibility index (Phi) is 4.93. The second-order valence-corrected chi connectivity index (χ2v) is 5.71. The third-order valence-corrected chi connectivity index (χ3v) is 4.46. The summed E-state index contributed by atoms with van der Waals surface area (Å²) >= 11 is 3.15. The first kappa shape index (κ1) is 14.5. The van der Waals surface area contributed by atoms with Crippen molar-refractivity contribution < 1.29 is 9.18 Å². The van der Waals surface area contributed by atoms with E-state index in [1.165, 1.54) is 6.07 Å². The Balaban J connectivity index is 2.03. The molecule has 1 aromatic rings. The Hall–Kier alpha value is -0.940. The molecule has 0 radical (unpaired) electrons. The smallest absolute Gasteiger partial charge is 0.255 e. The van der Waals surface area contributed by atoms with Crippen LogP contribution in [0.5, 0.6) is 0 Å². The van der Waals surface area contributed by atoms with E-state index in [0.717, 1.165) is 32.4 Å². The number of carbonyl (C=O) groups excluding carboxylic acids is 1. The molecule has 0 atom stereocenters. The molecule has 0 aliphatic carbocycles. The Morgan fingerprint density at radius 1 is 1.42 bits per heavy atom. The Morgan fingerprint density at radius 3 is 2.74 bits per heavy atom. The highest BCUT2D eigenvalue weighted by Gasteiger charge is 2.24. The first-order valence-electron chi connectivity index (χ1n) is 6.57. The zero-order chi connectivity index (χ0) is 13.8. The van der Waals surface area contributed by atoms with Crippen molar-refractivity contribution in [2.75, 3.05) is 19.6 Å². The molecule has 3 nitrogen and oxygen atoms in total. The number of rotatable bonds is 3. The molecule has 1 heterocycles. The van der Waals surface area contributed by atoms with Gasteiger partial charge in [-0.2, -0.15) is 0 Å². The van der Waals surface area contributed by atoms with Crippen molar-refractivity contribution in [1.82, 2.24) is 4.90 Å². The van der Waals surface area contributed by atoms with Crippen molar-refractivity contribution in [3.63, 3.8) is 0 Å². The summed E-state index contributed by atoms with van der Waals surface area (Å²) in [4.78, 5) is 14.1. The SMILES string of the molecule is NCCC1CCN(C(=O)c2cccc(F)c2Br)CC1. The van der Waals surface area contributed by atoms with Crippen LogP contribution >= 0.6 is 15.9 Å². The summed E-state index contributed by atoms with van der Waals surface area (Å²) in [5, 5.41) is 0. The van der Waals surface area contributed by atoms with E-state index >= 15 is 0 Å². The summed E-state index contributed by atoms with van der Waals surface area (Å²) in [6, 6.07) is 4.56. The molecule has 104 valence electrons. The van der Waals surface area contributed by atoms with Gasteiger partial charge in [0.2, 0.25) is 0 Å². The van der Waals surface area contributed by atoms with E-state index in [9.17, 15) is 9.18 Å². The van der Waals surface area contributed by atoms with Crippen LogP contribution in [-0.4, -0.2) is 30.4 Å². The van der Waals surface area contributed by atoms with E-state index < -0.39 is 5.82 Å². The van der Waals surface area contributed by atoms with Crippen LogP contribution in [0.15, 0.2) is 22.7 Å². The van der Waals surface area contributed by atoms with Crippen LogP contribution in [0.2, 0.25) is 0 Å². The molecule has 1 saturated heterocycles. The molecule has 1 aliphatic rings. The van der Waals surface area contributed by atoms with Gasteiger partial charge in [0, 0.05) is 13.1 Å². The van der Waals surface area contributed by atoms with E-state index in [0.29, 0.717) is 18.0 Å². The van der Waals surface area contributed by atoms with Gasteiger partial charge in [0.05, 0.1) is 10.0 Å². The monoisotopic (exact) mass is 328 g/mol. The molecule has 2 rings (SSSR count). The number of halogens is 2. The predicted octanol–water partition coefficient (Wildman–Crippen LogP) is 2.79. The summed E-state index contributed by atoms with van der Waals surface area (Å²) in [6.45, 7) is 2.16. The molecule has 0 spiro atoms. The summed E-state index contributed by atoms with van der Waals surface area (Å²) in [6.07, 6.45) is 2.98. The molecule has 0 unspecified atom stereocenters. The Bertz CT molecular complexity index is 459. The third-order valence-electron chi connectivity index (χ3n) is 3.66. The molecule has 2 N–H and O–H groups in total. The minimum atomic E-state index is -0.399. The molecular weight excluding hydrogens is 311 g/mol. The standard InChI is InChI=1S/C14H18BrFN2O/c15-13-11(2-1-3-12(13)16)14(19)18-8-5-10(4-7-17)6-9-18/h1-3,10H,4-9,17H2. The Labute approximate surface area is 121 Å². The molecule has 0 bridgehead atoms. The van der Waals surface area contributed by atoms with E-state index in [1.807, 2.05) is 0 Å². The molecule has 5 heteroatoms. The van der Waals surface area contributed by atoms with Crippen LogP contribution in [0.1, 0.15) is 29.6 Å². The number of nitrogens with zero attached hydrogens (tertiary/aromatic N) is 1. The molecular formula is C14H18BrFN2O. The van der Waals surface area contributed by atoms with Crippen LogP contribution in [0.3, 0.4) is 0 Å². The number of likely N-dealkylation sites (tertiary alicyclic amines) is 1. The number of nitrogens with two attached hydrogens (primary N) is 1. The van der Waals surface area contributed by atoms with Gasteiger partial charge in [0.1, 0.15) is 5.82 Å². The van der Waals surface area contributed by atoms with Crippen LogP contribution in [0.4, 0.5) is 4.39 Å². The lowest BCUT2D eigenvalue weighted by Gasteiger charge is -2.32. The van der Waals surface area contributed by atoms with Crippen molar-refractivity contribution in [2.24, 2.45) is 11.7 Å². The second-order valence-electron chi connectivity index (χ2n) is 4.91. The van der Waals surface area contributed by atoms with Gasteiger partial charge in [-0.1, -0.05) is 6.07 Å². The molecule has 19 heavy (non-hydrogen) atoms. The predicted molar refractivity (Wildman–Crippen MR) is 76.4 cm³/mol. The average Bonchev–Trinajstić information content (AvgIpc) is 2.42. The van der Waals surface area contributed by atoms with Crippen LogP contribution in [-0.2, 0) is 0 Å². The molecule has 1 aromatic carbocycles. The van der Waals surface area contributed by atoms with E-state index in [-0.39, 0.29) is 10.4 Å². The summed E-state index contributed by atoms with van der Waals surface area (Å²) in [7, 11) is 0. The minimum absolute atomic E-state index is 0.0995. The third kappa shape index (κ3) is 3.34. The zero-order valence-corrected chi connectivity index (χ0v) is 12.3. The first-order valence-corrected chi connectivity index (χ1v) is 7.36. The number of piperidine rings is 1. The quantitative estimate of drug-likeness (QED) is 0.927. The van der Waals surface area contributed by atoms with Gasteiger partial charge in [-0.15, -0.1) is 0 Å². The van der Waals surface area contributed by atoms with Crippen molar-refractivity contribution in [3.8, 4) is 0 Å². The first-order chi connectivity index (χ1) is 9.13. The minimum Gasteiger partial charge on any atom is -0.339 e. The maximum Gasteiger partial charge on any atom is 0.255 e. The maximum atomic E-state index is 13.4. The van der Waals surface area contributed by atoms with E-state index in [1.54, 1.807) is 17.0 Å². The van der Waals surface area contributed by atoms with Gasteiger partial charge in [0.15, 0.2) is 0 Å². The largest absolute Gasteiger partial charge is 0.339 e. The Morgan fingerprint density at radius 2 is 2.11 bits per heavy atom. The van der Waals surface area contributed by atoms with Gasteiger partial charge >= 0.3 is 0 Å². The number of amides is 1. The van der Waals surface area contributed by atoms with Crippen LogP contribution < -0.4 is 5.73 Å².